The Labute approximate surface area is 103 Å². The highest BCUT2D eigenvalue weighted by Crippen LogP contribution is 2.41. The van der Waals surface area contributed by atoms with Gasteiger partial charge in [-0.3, -0.25) is 9.59 Å². The third kappa shape index (κ3) is 1.88. The van der Waals surface area contributed by atoms with E-state index in [1.165, 1.54) is 13.8 Å². The lowest BCUT2D eigenvalue weighted by Gasteiger charge is -2.54. The largest absolute Gasteiger partial charge is 0.457 e. The van der Waals surface area contributed by atoms with Crippen LogP contribution in [0.2, 0.25) is 0 Å². The number of hydrogen-bond donors (Lipinski definition) is 0. The number of ether oxygens (including phenoxy) is 5. The van der Waals surface area contributed by atoms with Crippen molar-refractivity contribution in [3.63, 3.8) is 0 Å². The van der Waals surface area contributed by atoms with Crippen LogP contribution in [0, 0.1) is 0 Å². The van der Waals surface area contributed by atoms with Crippen molar-refractivity contribution >= 4 is 11.9 Å². The number of esters is 2. The second kappa shape index (κ2) is 4.18. The van der Waals surface area contributed by atoms with E-state index in [2.05, 4.69) is 0 Å². The monoisotopic (exact) mass is 258 g/mol. The maximum Gasteiger partial charge on any atom is 0.303 e. The summed E-state index contributed by atoms with van der Waals surface area (Å²) in [6.45, 7) is 2.62. The zero-order valence-electron chi connectivity index (χ0n) is 10.0. The first kappa shape index (κ1) is 11.9. The Hall–Kier alpha value is -1.18. The van der Waals surface area contributed by atoms with E-state index in [4.69, 9.17) is 23.7 Å². The Bertz CT molecular complexity index is 350. The third-order valence-corrected chi connectivity index (χ3v) is 3.21. The number of hydrogen-bond acceptors (Lipinski definition) is 7. The van der Waals surface area contributed by atoms with E-state index in [1.807, 2.05) is 0 Å². The molecule has 4 fully saturated rings. The van der Waals surface area contributed by atoms with Gasteiger partial charge in [-0.05, 0) is 0 Å². The van der Waals surface area contributed by atoms with Gasteiger partial charge >= 0.3 is 11.9 Å². The molecule has 0 amide bonds. The molecular formula is C11H14O7. The molecule has 0 aliphatic carbocycles. The molecule has 7 nitrogen and oxygen atoms in total. The van der Waals surface area contributed by atoms with Crippen LogP contribution in [0.5, 0.6) is 0 Å². The molecule has 4 aliphatic heterocycles. The van der Waals surface area contributed by atoms with Gasteiger partial charge in [0.15, 0.2) is 18.5 Å². The molecule has 4 bridgehead atoms. The van der Waals surface area contributed by atoms with Gasteiger partial charge in [-0.15, -0.1) is 0 Å². The van der Waals surface area contributed by atoms with Crippen molar-refractivity contribution in [3.05, 3.63) is 0 Å². The average molecular weight is 258 g/mol. The van der Waals surface area contributed by atoms with Crippen LogP contribution in [0.3, 0.4) is 0 Å². The predicted molar refractivity (Wildman–Crippen MR) is 54.1 cm³/mol. The summed E-state index contributed by atoms with van der Waals surface area (Å²) in [6, 6.07) is 0. The van der Waals surface area contributed by atoms with Gasteiger partial charge in [-0.25, -0.2) is 0 Å². The average Bonchev–Trinajstić information content (AvgIpc) is 2.27. The summed E-state index contributed by atoms with van der Waals surface area (Å²) < 4.78 is 27.0. The number of carbonyl (C=O) groups excluding carboxylic acids is 2. The van der Waals surface area contributed by atoms with Crippen molar-refractivity contribution in [2.75, 3.05) is 0 Å². The van der Waals surface area contributed by atoms with Gasteiger partial charge < -0.3 is 23.7 Å². The topological polar surface area (TPSA) is 80.3 Å². The summed E-state index contributed by atoms with van der Waals surface area (Å²) in [6.07, 6.45) is -2.53. The van der Waals surface area contributed by atoms with Crippen LogP contribution in [0.15, 0.2) is 0 Å². The lowest BCUT2D eigenvalue weighted by atomic mass is 9.91. The molecule has 4 aliphatic rings. The molecule has 4 heterocycles. The van der Waals surface area contributed by atoms with Crippen LogP contribution >= 0.6 is 0 Å². The second-order valence-corrected chi connectivity index (χ2v) is 4.59. The fourth-order valence-corrected chi connectivity index (χ4v) is 2.64. The minimum Gasteiger partial charge on any atom is -0.457 e. The number of carbonyl (C=O) groups is 2. The van der Waals surface area contributed by atoms with E-state index in [9.17, 15) is 9.59 Å². The van der Waals surface area contributed by atoms with Crippen molar-refractivity contribution in [2.45, 2.75) is 57.3 Å². The highest BCUT2D eigenvalue weighted by atomic mass is 16.8. The third-order valence-electron chi connectivity index (χ3n) is 3.21. The van der Waals surface area contributed by atoms with Gasteiger partial charge in [0.05, 0.1) is 0 Å². The molecule has 18 heavy (non-hydrogen) atoms. The maximum absolute atomic E-state index is 11.1. The summed E-state index contributed by atoms with van der Waals surface area (Å²) in [5.74, 6) is -0.869. The SMILES string of the molecule is CC(=O)O[C@H]1C2CC3OC(O2)[C@H](OC(C)=O)C1O3. The van der Waals surface area contributed by atoms with E-state index < -0.39 is 36.5 Å². The predicted octanol–water partition coefficient (Wildman–Crippen LogP) is -0.280. The van der Waals surface area contributed by atoms with Gasteiger partial charge in [0, 0.05) is 20.3 Å². The minimum atomic E-state index is -0.695. The fraction of sp³-hybridized carbons (Fsp3) is 0.818. The molecule has 0 radical (unpaired) electrons. The van der Waals surface area contributed by atoms with E-state index in [1.54, 1.807) is 0 Å². The lowest BCUT2D eigenvalue weighted by Crippen LogP contribution is -2.70. The Kier molecular flexibility index (Phi) is 2.76. The van der Waals surface area contributed by atoms with Crippen molar-refractivity contribution < 1.29 is 33.3 Å². The number of rotatable bonds is 2. The molecule has 0 aromatic carbocycles. The van der Waals surface area contributed by atoms with Crippen molar-refractivity contribution in [1.82, 2.24) is 0 Å². The highest BCUT2D eigenvalue weighted by molar-refractivity contribution is 5.67. The summed E-state index contributed by atoms with van der Waals surface area (Å²) in [5.41, 5.74) is 0. The summed E-state index contributed by atoms with van der Waals surface area (Å²) >= 11 is 0. The Morgan fingerprint density at radius 2 is 1.67 bits per heavy atom. The summed E-state index contributed by atoms with van der Waals surface area (Å²) in [5, 5.41) is 0. The minimum absolute atomic E-state index is 0.261. The molecular weight excluding hydrogens is 244 g/mol. The van der Waals surface area contributed by atoms with E-state index >= 15 is 0 Å². The molecule has 7 heteroatoms. The second-order valence-electron chi connectivity index (χ2n) is 4.59. The van der Waals surface area contributed by atoms with Crippen molar-refractivity contribution in [1.29, 1.82) is 0 Å². The molecule has 100 valence electrons. The quantitative estimate of drug-likeness (QED) is 0.630. The normalized spacial score (nSPS) is 44.8. The van der Waals surface area contributed by atoms with Crippen LogP contribution < -0.4 is 0 Å². The first-order chi connectivity index (χ1) is 8.54. The van der Waals surface area contributed by atoms with Crippen molar-refractivity contribution in [3.8, 4) is 0 Å². The zero-order valence-corrected chi connectivity index (χ0v) is 10.0. The van der Waals surface area contributed by atoms with Crippen LogP contribution in [-0.2, 0) is 33.3 Å². The van der Waals surface area contributed by atoms with Gasteiger partial charge in [0.25, 0.3) is 0 Å². The van der Waals surface area contributed by atoms with E-state index in [0.29, 0.717) is 6.42 Å². The molecule has 0 aromatic rings. The smallest absolute Gasteiger partial charge is 0.303 e. The molecule has 6 atom stereocenters. The summed E-state index contributed by atoms with van der Waals surface area (Å²) in [4.78, 5) is 22.2. The first-order valence-corrected chi connectivity index (χ1v) is 5.85. The van der Waals surface area contributed by atoms with Crippen LogP contribution in [-0.4, -0.2) is 48.9 Å². The molecule has 4 rings (SSSR count). The molecule has 0 spiro atoms. The standard InChI is InChI=1S/C11H14O7/c1-4(12)14-8-6-3-7-17-9(8)10(15-5(2)13)11(16-6)18-7/h6-11H,3H2,1-2H3/t6?,7?,8-,9?,10+,11?/m0/s1. The van der Waals surface area contributed by atoms with Gasteiger partial charge in [0.2, 0.25) is 6.29 Å². The highest BCUT2D eigenvalue weighted by Gasteiger charge is 2.60. The summed E-state index contributed by atoms with van der Waals surface area (Å²) in [7, 11) is 0. The molecule has 4 saturated heterocycles. The van der Waals surface area contributed by atoms with E-state index in [0.717, 1.165) is 0 Å². The van der Waals surface area contributed by atoms with Crippen LogP contribution in [0.1, 0.15) is 20.3 Å². The van der Waals surface area contributed by atoms with Crippen LogP contribution in [0.25, 0.3) is 0 Å². The lowest BCUT2D eigenvalue weighted by molar-refractivity contribution is -0.440. The van der Waals surface area contributed by atoms with Crippen molar-refractivity contribution in [2.24, 2.45) is 0 Å². The fourth-order valence-electron chi connectivity index (χ4n) is 2.64. The van der Waals surface area contributed by atoms with Gasteiger partial charge in [0.1, 0.15) is 12.2 Å². The van der Waals surface area contributed by atoms with Gasteiger partial charge in [-0.1, -0.05) is 0 Å². The van der Waals surface area contributed by atoms with E-state index in [-0.39, 0.29) is 12.4 Å². The molecule has 0 N–H and O–H groups in total. The molecule has 0 aromatic heterocycles. The molecule has 0 saturated carbocycles. The molecule has 4 unspecified atom stereocenters. The Morgan fingerprint density at radius 1 is 1.00 bits per heavy atom. The zero-order chi connectivity index (χ0) is 12.9. The Morgan fingerprint density at radius 3 is 2.33 bits per heavy atom. The van der Waals surface area contributed by atoms with Gasteiger partial charge in [-0.2, -0.15) is 0 Å². The maximum atomic E-state index is 11.1. The van der Waals surface area contributed by atoms with Crippen LogP contribution in [0.4, 0.5) is 0 Å². The Balaban J connectivity index is 1.81. The first-order valence-electron chi connectivity index (χ1n) is 5.85.